The van der Waals surface area contributed by atoms with Crippen molar-refractivity contribution in [1.29, 1.82) is 0 Å². The summed E-state index contributed by atoms with van der Waals surface area (Å²) < 4.78 is 4.29. The number of hydrogen-bond acceptors (Lipinski definition) is 6. The second-order valence-electron chi connectivity index (χ2n) is 10.6. The van der Waals surface area contributed by atoms with Crippen LogP contribution < -0.4 is 11.3 Å². The molecule has 46 heavy (non-hydrogen) atoms. The predicted octanol–water partition coefficient (Wildman–Crippen LogP) is 10.00. The largest absolute Gasteiger partial charge is 0.290 e. The van der Waals surface area contributed by atoms with E-state index < -0.39 is 0 Å². The first-order valence-electron chi connectivity index (χ1n) is 14.9. The van der Waals surface area contributed by atoms with Crippen LogP contribution in [0.1, 0.15) is 56.7 Å². The van der Waals surface area contributed by atoms with Crippen molar-refractivity contribution >= 4 is 60.3 Å². The minimum Gasteiger partial charge on any atom is -0.290 e. The monoisotopic (exact) mass is 762 g/mol. The van der Waals surface area contributed by atoms with Crippen LogP contribution in [0.5, 0.6) is 0 Å². The minimum atomic E-state index is -0.263. The van der Waals surface area contributed by atoms with E-state index in [9.17, 15) is 4.79 Å². The average molecular weight is 765 g/mol. The fraction of sp³-hybridized carbons (Fsp3) is 0.222. The number of nitrogens with two attached hydrogens (primary N) is 1. The molecule has 0 unspecified atom stereocenters. The van der Waals surface area contributed by atoms with Crippen molar-refractivity contribution in [2.45, 2.75) is 40.5 Å². The highest BCUT2D eigenvalue weighted by molar-refractivity contribution is 9.10. The van der Waals surface area contributed by atoms with E-state index in [-0.39, 0.29) is 5.91 Å². The summed E-state index contributed by atoms with van der Waals surface area (Å²) in [5.41, 5.74) is 5.79. The number of hydrogen-bond donors (Lipinski definition) is 2. The molecule has 0 fully saturated rings. The molecule has 0 saturated heterocycles. The molecule has 10 heteroatoms. The lowest BCUT2D eigenvalue weighted by molar-refractivity contribution is 0.0953. The van der Waals surface area contributed by atoms with Gasteiger partial charge in [0.15, 0.2) is 5.82 Å². The van der Waals surface area contributed by atoms with Gasteiger partial charge in [0.25, 0.3) is 5.91 Å². The molecular weight excluding hydrogens is 724 g/mol. The molecule has 0 atom stereocenters. The normalized spacial score (nSPS) is 11.0. The van der Waals surface area contributed by atoms with Crippen LogP contribution in [0.4, 0.5) is 5.69 Å². The Hall–Kier alpha value is -3.57. The van der Waals surface area contributed by atoms with Crippen LogP contribution in [0.15, 0.2) is 123 Å². The maximum absolute atomic E-state index is 10.8. The van der Waals surface area contributed by atoms with Crippen molar-refractivity contribution in [1.82, 2.24) is 20.2 Å². The second kappa shape index (κ2) is 19.2. The summed E-state index contributed by atoms with van der Waals surface area (Å²) in [6.45, 7) is 10.8. The van der Waals surface area contributed by atoms with Gasteiger partial charge in [-0.2, -0.15) is 0 Å². The predicted molar refractivity (Wildman–Crippen MR) is 201 cm³/mol. The number of hydrazine groups is 1. The number of nitrogens with one attached hydrogen (secondary N) is 1. The Morgan fingerprint density at radius 1 is 0.826 bits per heavy atom. The highest BCUT2D eigenvalue weighted by Gasteiger charge is 2.17. The molecule has 3 N–H and O–H groups in total. The number of amides is 1. The molecule has 0 spiro atoms. The Bertz CT molecular complexity index is 1660. The number of aliphatic imine (C=N–C) groups is 1. The highest BCUT2D eigenvalue weighted by atomic mass is 79.9. The zero-order chi connectivity index (χ0) is 33.5. The Balaban J connectivity index is 0.000000202. The fourth-order valence-corrected chi connectivity index (χ4v) is 5.41. The zero-order valence-corrected chi connectivity index (χ0v) is 30.7. The molecule has 0 radical (unpaired) electrons. The molecule has 0 saturated carbocycles. The van der Waals surface area contributed by atoms with Crippen molar-refractivity contribution in [2.24, 2.45) is 16.8 Å². The lowest BCUT2D eigenvalue weighted by atomic mass is 10.1. The van der Waals surface area contributed by atoms with Crippen LogP contribution in [0.2, 0.25) is 0 Å². The number of nitrogen functional groups attached to an aromatic ring is 1. The van der Waals surface area contributed by atoms with Gasteiger partial charge in [-0.05, 0) is 66.4 Å². The van der Waals surface area contributed by atoms with Gasteiger partial charge >= 0.3 is 0 Å². The third-order valence-corrected chi connectivity index (χ3v) is 8.54. The summed E-state index contributed by atoms with van der Waals surface area (Å²) in [5.74, 6) is 8.37. The molecular formula is C36H40Br2N6OS. The lowest BCUT2D eigenvalue weighted by Gasteiger charge is -2.12. The number of carbonyl (C=O) groups is 1. The van der Waals surface area contributed by atoms with Crippen LogP contribution in [-0.4, -0.2) is 31.5 Å². The van der Waals surface area contributed by atoms with Crippen LogP contribution in [-0.2, 0) is 0 Å². The first-order chi connectivity index (χ1) is 22.1. The van der Waals surface area contributed by atoms with Gasteiger partial charge in [-0.3, -0.25) is 14.8 Å². The van der Waals surface area contributed by atoms with E-state index in [1.165, 1.54) is 5.04 Å². The number of carbonyl (C=O) groups excluding carboxylic acids is 1. The van der Waals surface area contributed by atoms with Crippen LogP contribution in [0.25, 0.3) is 17.1 Å². The summed E-state index contributed by atoms with van der Waals surface area (Å²) in [5, 5.41) is 10.0. The molecule has 0 bridgehead atoms. The van der Waals surface area contributed by atoms with Crippen LogP contribution in [0.3, 0.4) is 0 Å². The summed E-state index contributed by atoms with van der Waals surface area (Å²) in [6.07, 6.45) is 0. The fourth-order valence-electron chi connectivity index (χ4n) is 4.08. The van der Waals surface area contributed by atoms with E-state index in [0.717, 1.165) is 43.3 Å². The van der Waals surface area contributed by atoms with Crippen molar-refractivity contribution in [3.63, 3.8) is 0 Å². The number of halogens is 2. The minimum absolute atomic E-state index is 0.263. The summed E-state index contributed by atoms with van der Waals surface area (Å²) in [4.78, 5) is 15.4. The van der Waals surface area contributed by atoms with E-state index in [4.69, 9.17) is 5.84 Å². The number of thioether (sulfide) groups is 1. The van der Waals surface area contributed by atoms with Gasteiger partial charge in [-0.15, -0.1) is 22.0 Å². The summed E-state index contributed by atoms with van der Waals surface area (Å²) in [7, 11) is 0. The molecule has 0 aliphatic carbocycles. The summed E-state index contributed by atoms with van der Waals surface area (Å²) >= 11 is 8.72. The number of aromatic nitrogens is 3. The smallest absolute Gasteiger partial charge is 0.265 e. The molecule has 0 aliphatic rings. The first-order valence-corrected chi connectivity index (χ1v) is 17.5. The Labute approximate surface area is 293 Å². The van der Waals surface area contributed by atoms with Gasteiger partial charge in [0.1, 0.15) is 5.82 Å². The highest BCUT2D eigenvalue weighted by Crippen LogP contribution is 2.27. The van der Waals surface area contributed by atoms with Gasteiger partial charge in [0.05, 0.1) is 10.7 Å². The maximum Gasteiger partial charge on any atom is 0.265 e. The number of rotatable bonds is 7. The quantitative estimate of drug-likeness (QED) is 0.0566. The molecule has 7 nitrogen and oxygen atoms in total. The van der Waals surface area contributed by atoms with Crippen molar-refractivity contribution in [2.75, 3.05) is 5.75 Å². The standard InChI is InChI=1S/C17H16BrN3.C12H16BrNS.C7H8N2O/c1-12(2)16-19-20-17(13-6-4-3-5-7-13)21(16)15-10-8-14(18)9-11-15;1-4-15-12(9(2)3)14-11-7-5-10(13)6-8-11;8-9-7(10)6-4-2-1-3-5-6/h3-12H,1-2H3;5-9H,4H2,1-3H3;1-5H,8H2,(H,9,10). The Kier molecular flexibility index (Phi) is 15.4. The molecule has 1 aromatic heterocycles. The molecule has 1 amide bonds. The third kappa shape index (κ3) is 11.3. The van der Waals surface area contributed by atoms with Crippen molar-refractivity contribution in [3.8, 4) is 17.1 Å². The van der Waals surface area contributed by atoms with Gasteiger partial charge in [0, 0.05) is 37.6 Å². The van der Waals surface area contributed by atoms with Gasteiger partial charge in [-0.1, -0.05) is 115 Å². The van der Waals surface area contributed by atoms with E-state index in [1.54, 1.807) is 24.3 Å². The topological polar surface area (TPSA) is 98.2 Å². The van der Waals surface area contributed by atoms with Gasteiger partial charge in [-0.25, -0.2) is 10.8 Å². The van der Waals surface area contributed by atoms with Crippen molar-refractivity contribution in [3.05, 3.63) is 130 Å². The van der Waals surface area contributed by atoms with E-state index in [0.29, 0.717) is 17.4 Å². The number of benzene rings is 4. The SMILES string of the molecule is CC(C)c1nnc(-c2ccccc2)n1-c1ccc(Br)cc1.CCSC(=Nc1ccc(Br)cc1)C(C)C.NNC(=O)c1ccccc1. The van der Waals surface area contributed by atoms with Gasteiger partial charge < -0.3 is 0 Å². The number of nitrogens with zero attached hydrogens (tertiary/aromatic N) is 4. The molecule has 0 aliphatic heterocycles. The van der Waals surface area contributed by atoms with Gasteiger partial charge in [0.2, 0.25) is 0 Å². The van der Waals surface area contributed by atoms with Crippen molar-refractivity contribution < 1.29 is 4.79 Å². The molecule has 5 aromatic rings. The van der Waals surface area contributed by atoms with Crippen LogP contribution in [0, 0.1) is 5.92 Å². The third-order valence-electron chi connectivity index (χ3n) is 6.34. The maximum atomic E-state index is 10.8. The average Bonchev–Trinajstić information content (AvgIpc) is 3.53. The molecule has 4 aromatic carbocycles. The van der Waals surface area contributed by atoms with E-state index in [2.05, 4.69) is 111 Å². The van der Waals surface area contributed by atoms with E-state index >= 15 is 0 Å². The molecule has 240 valence electrons. The molecule has 1 heterocycles. The lowest BCUT2D eigenvalue weighted by Crippen LogP contribution is -2.29. The second-order valence-corrected chi connectivity index (χ2v) is 13.7. The molecule has 5 rings (SSSR count). The van der Waals surface area contributed by atoms with Crippen LogP contribution >= 0.6 is 43.6 Å². The first kappa shape index (κ1) is 36.9. The Morgan fingerprint density at radius 2 is 1.37 bits per heavy atom. The van der Waals surface area contributed by atoms with E-state index in [1.807, 2.05) is 77.9 Å². The Morgan fingerprint density at radius 3 is 1.87 bits per heavy atom. The summed E-state index contributed by atoms with van der Waals surface area (Å²) in [6, 6.07) is 35.3. The zero-order valence-electron chi connectivity index (χ0n) is 26.7.